The Morgan fingerprint density at radius 1 is 1.05 bits per heavy atom. The topological polar surface area (TPSA) is 20.2 Å². The summed E-state index contributed by atoms with van der Waals surface area (Å²) in [4.78, 5) is 1.53. The van der Waals surface area contributed by atoms with Crippen molar-refractivity contribution in [3.05, 3.63) is 29.8 Å². The van der Waals surface area contributed by atoms with Crippen molar-refractivity contribution < 1.29 is 5.11 Å². The van der Waals surface area contributed by atoms with E-state index in [0.29, 0.717) is 21.4 Å². The molecular formula is C18H27OS+. The second kappa shape index (κ2) is 4.78. The predicted octanol–water partition coefficient (Wildman–Crippen LogP) is 4.04. The Bertz CT molecular complexity index is 467. The highest BCUT2D eigenvalue weighted by atomic mass is 32.2. The van der Waals surface area contributed by atoms with Gasteiger partial charge in [-0.3, -0.25) is 0 Å². The SMILES string of the molecule is CC1(O)CC2CCC(C1)[S+]2c1ccc(C(C)(C)C)cc1. The number of fused-ring (bicyclic) bond motifs is 2. The highest BCUT2D eigenvalue weighted by molar-refractivity contribution is 7.98. The third kappa shape index (κ3) is 2.65. The van der Waals surface area contributed by atoms with E-state index in [4.69, 9.17) is 0 Å². The lowest BCUT2D eigenvalue weighted by Crippen LogP contribution is -2.43. The van der Waals surface area contributed by atoms with Gasteiger partial charge in [0.2, 0.25) is 0 Å². The van der Waals surface area contributed by atoms with Crippen LogP contribution in [-0.2, 0) is 16.3 Å². The van der Waals surface area contributed by atoms with Crippen molar-refractivity contribution in [3.63, 3.8) is 0 Å². The molecule has 2 atom stereocenters. The van der Waals surface area contributed by atoms with Gasteiger partial charge in [-0.25, -0.2) is 0 Å². The standard InChI is InChI=1S/C18H27OS/c1-17(2,3)13-5-7-14(8-6-13)20-15-9-10-16(20)12-18(4,19)11-15/h5-8,15-16,19H,9-12H2,1-4H3/q+1. The summed E-state index contributed by atoms with van der Waals surface area (Å²) in [6.07, 6.45) is 4.61. The molecule has 20 heavy (non-hydrogen) atoms. The molecule has 2 unspecified atom stereocenters. The first-order chi connectivity index (χ1) is 9.26. The largest absolute Gasteiger partial charge is 0.390 e. The summed E-state index contributed by atoms with van der Waals surface area (Å²) >= 11 is 0. The van der Waals surface area contributed by atoms with Gasteiger partial charge in [-0.15, -0.1) is 0 Å². The molecule has 110 valence electrons. The van der Waals surface area contributed by atoms with E-state index in [2.05, 4.69) is 45.0 Å². The van der Waals surface area contributed by atoms with Crippen LogP contribution in [-0.4, -0.2) is 21.2 Å². The second-order valence-corrected chi connectivity index (χ2v) is 10.4. The van der Waals surface area contributed by atoms with Crippen molar-refractivity contribution in [3.8, 4) is 0 Å². The zero-order valence-electron chi connectivity index (χ0n) is 13.1. The molecule has 1 aromatic rings. The van der Waals surface area contributed by atoms with Crippen LogP contribution in [0.25, 0.3) is 0 Å². The Balaban J connectivity index is 1.84. The summed E-state index contributed by atoms with van der Waals surface area (Å²) in [7, 11) is 0.372. The van der Waals surface area contributed by atoms with Gasteiger partial charge in [-0.05, 0) is 30.0 Å². The van der Waals surface area contributed by atoms with Crippen molar-refractivity contribution in [1.29, 1.82) is 0 Å². The molecule has 1 nitrogen and oxygen atoms in total. The Morgan fingerprint density at radius 3 is 2.00 bits per heavy atom. The molecule has 3 rings (SSSR count). The van der Waals surface area contributed by atoms with E-state index in [1.807, 2.05) is 6.92 Å². The number of hydrogen-bond acceptors (Lipinski definition) is 1. The highest BCUT2D eigenvalue weighted by Crippen LogP contribution is 2.47. The van der Waals surface area contributed by atoms with E-state index >= 15 is 0 Å². The van der Waals surface area contributed by atoms with Gasteiger partial charge in [0.25, 0.3) is 0 Å². The Kier molecular flexibility index (Phi) is 3.45. The normalized spacial score (nSPS) is 37.1. The fraction of sp³-hybridized carbons (Fsp3) is 0.667. The molecule has 2 aliphatic heterocycles. The van der Waals surface area contributed by atoms with Crippen LogP contribution >= 0.6 is 0 Å². The van der Waals surface area contributed by atoms with E-state index in [9.17, 15) is 5.11 Å². The summed E-state index contributed by atoms with van der Waals surface area (Å²) in [5, 5.41) is 11.8. The molecule has 2 aliphatic rings. The van der Waals surface area contributed by atoms with E-state index in [1.165, 1.54) is 23.3 Å². The number of rotatable bonds is 1. The molecular weight excluding hydrogens is 264 g/mol. The molecule has 0 spiro atoms. The Labute approximate surface area is 126 Å². The zero-order chi connectivity index (χ0) is 14.5. The summed E-state index contributed by atoms with van der Waals surface area (Å²) in [6.45, 7) is 8.84. The molecule has 2 fully saturated rings. The van der Waals surface area contributed by atoms with Crippen molar-refractivity contribution >= 4 is 10.9 Å². The van der Waals surface area contributed by atoms with Gasteiger partial charge >= 0.3 is 0 Å². The van der Waals surface area contributed by atoms with Crippen molar-refractivity contribution in [2.45, 2.75) is 79.8 Å². The molecule has 1 aromatic carbocycles. The van der Waals surface area contributed by atoms with E-state index in [0.717, 1.165) is 12.8 Å². The van der Waals surface area contributed by atoms with Crippen LogP contribution in [0.1, 0.15) is 58.9 Å². The minimum Gasteiger partial charge on any atom is -0.390 e. The average molecular weight is 291 g/mol. The first kappa shape index (κ1) is 14.5. The number of hydrogen-bond donors (Lipinski definition) is 1. The Morgan fingerprint density at radius 2 is 1.55 bits per heavy atom. The average Bonchev–Trinajstić information content (AvgIpc) is 2.61. The predicted molar refractivity (Wildman–Crippen MR) is 87.4 cm³/mol. The van der Waals surface area contributed by atoms with Crippen molar-refractivity contribution in [2.75, 3.05) is 0 Å². The van der Waals surface area contributed by atoms with Gasteiger partial charge in [0.05, 0.1) is 5.60 Å². The van der Waals surface area contributed by atoms with Crippen LogP contribution in [0.15, 0.2) is 29.2 Å². The van der Waals surface area contributed by atoms with Gasteiger partial charge in [0, 0.05) is 36.6 Å². The van der Waals surface area contributed by atoms with Crippen LogP contribution in [0.4, 0.5) is 0 Å². The van der Waals surface area contributed by atoms with Crippen LogP contribution in [0.5, 0.6) is 0 Å². The number of aliphatic hydroxyl groups is 1. The molecule has 2 heterocycles. The lowest BCUT2D eigenvalue weighted by Gasteiger charge is -2.33. The van der Waals surface area contributed by atoms with E-state index < -0.39 is 5.60 Å². The fourth-order valence-electron chi connectivity index (χ4n) is 3.84. The molecule has 0 aromatic heterocycles. The van der Waals surface area contributed by atoms with Crippen molar-refractivity contribution in [1.82, 2.24) is 0 Å². The minimum absolute atomic E-state index is 0.233. The summed E-state index contributed by atoms with van der Waals surface area (Å²) in [6, 6.07) is 9.34. The number of benzene rings is 1. The van der Waals surface area contributed by atoms with Crippen LogP contribution in [0.2, 0.25) is 0 Å². The molecule has 2 saturated heterocycles. The maximum atomic E-state index is 10.4. The zero-order valence-corrected chi connectivity index (χ0v) is 14.0. The third-order valence-electron chi connectivity index (χ3n) is 4.86. The molecule has 0 saturated carbocycles. The van der Waals surface area contributed by atoms with Gasteiger partial charge < -0.3 is 5.11 Å². The lowest BCUT2D eigenvalue weighted by atomic mass is 9.87. The van der Waals surface area contributed by atoms with Crippen LogP contribution < -0.4 is 0 Å². The molecule has 0 amide bonds. The molecule has 1 N–H and O–H groups in total. The van der Waals surface area contributed by atoms with Gasteiger partial charge in [0.1, 0.15) is 10.5 Å². The van der Waals surface area contributed by atoms with E-state index in [1.54, 1.807) is 0 Å². The van der Waals surface area contributed by atoms with Crippen molar-refractivity contribution in [2.24, 2.45) is 0 Å². The quantitative estimate of drug-likeness (QED) is 0.774. The third-order valence-corrected chi connectivity index (χ3v) is 7.91. The highest BCUT2D eigenvalue weighted by Gasteiger charge is 2.55. The smallest absolute Gasteiger partial charge is 0.155 e. The summed E-state index contributed by atoms with van der Waals surface area (Å²) in [5.74, 6) is 0. The first-order valence-electron chi connectivity index (χ1n) is 7.81. The van der Waals surface area contributed by atoms with Gasteiger partial charge in [-0.1, -0.05) is 32.9 Å². The van der Waals surface area contributed by atoms with Crippen LogP contribution in [0.3, 0.4) is 0 Å². The Hall–Kier alpha value is -0.470. The lowest BCUT2D eigenvalue weighted by molar-refractivity contribution is 0.0424. The molecule has 0 radical (unpaired) electrons. The van der Waals surface area contributed by atoms with Crippen LogP contribution in [0, 0.1) is 0 Å². The second-order valence-electron chi connectivity index (χ2n) is 7.87. The molecule has 0 aliphatic carbocycles. The van der Waals surface area contributed by atoms with Gasteiger partial charge in [0.15, 0.2) is 4.90 Å². The molecule has 2 bridgehead atoms. The van der Waals surface area contributed by atoms with Gasteiger partial charge in [-0.2, -0.15) is 0 Å². The minimum atomic E-state index is -0.416. The maximum absolute atomic E-state index is 10.4. The monoisotopic (exact) mass is 291 g/mol. The summed E-state index contributed by atoms with van der Waals surface area (Å²) in [5.41, 5.74) is 1.23. The maximum Gasteiger partial charge on any atom is 0.155 e. The fourth-order valence-corrected chi connectivity index (χ4v) is 7.46. The molecule has 2 heteroatoms. The van der Waals surface area contributed by atoms with E-state index in [-0.39, 0.29) is 5.41 Å². The summed E-state index contributed by atoms with van der Waals surface area (Å²) < 4.78 is 0. The first-order valence-corrected chi connectivity index (χ1v) is 9.16.